The molecule has 0 aromatic carbocycles. The summed E-state index contributed by atoms with van der Waals surface area (Å²) >= 11 is 0. The van der Waals surface area contributed by atoms with E-state index >= 15 is 0 Å². The average Bonchev–Trinajstić information content (AvgIpc) is 2.85. The minimum Gasteiger partial charge on any atom is -0.307 e. The van der Waals surface area contributed by atoms with E-state index in [9.17, 15) is 4.79 Å². The van der Waals surface area contributed by atoms with Gasteiger partial charge < -0.3 is 10.1 Å². The molecule has 2 saturated carbocycles. The molecule has 2 rings (SSSR count). The summed E-state index contributed by atoms with van der Waals surface area (Å²) in [6.07, 6.45) is 6.50. The lowest BCUT2D eigenvalue weighted by Crippen LogP contribution is -2.34. The van der Waals surface area contributed by atoms with Gasteiger partial charge in [-0.15, -0.1) is 0 Å². The highest BCUT2D eigenvalue weighted by atomic mass is 16.1. The van der Waals surface area contributed by atoms with Gasteiger partial charge in [-0.3, -0.25) is 0 Å². The molecule has 0 spiro atoms. The van der Waals surface area contributed by atoms with Gasteiger partial charge in [0.15, 0.2) is 0 Å². The number of hydrogen-bond donors (Lipinski definition) is 1. The standard InChI is InChI=1S/C9H15NO/c11-6-5-10-9(7-1-2-7)8-3-4-8/h6-10H,1-5H2. The first-order valence-electron chi connectivity index (χ1n) is 4.59. The largest absolute Gasteiger partial charge is 0.307 e. The maximum Gasteiger partial charge on any atom is 0.133 e. The lowest BCUT2D eigenvalue weighted by Gasteiger charge is -2.14. The zero-order valence-electron chi connectivity index (χ0n) is 6.75. The lowest BCUT2D eigenvalue weighted by atomic mass is 10.1. The van der Waals surface area contributed by atoms with Gasteiger partial charge in [0.1, 0.15) is 6.29 Å². The Morgan fingerprint density at radius 1 is 1.27 bits per heavy atom. The summed E-state index contributed by atoms with van der Waals surface area (Å²) < 4.78 is 0. The quantitative estimate of drug-likeness (QED) is 0.596. The Labute approximate surface area is 67.4 Å². The Morgan fingerprint density at radius 3 is 2.18 bits per heavy atom. The predicted molar refractivity (Wildman–Crippen MR) is 43.3 cm³/mol. The third kappa shape index (κ3) is 1.80. The number of rotatable bonds is 5. The van der Waals surface area contributed by atoms with Crippen molar-refractivity contribution in [1.29, 1.82) is 0 Å². The molecule has 2 nitrogen and oxygen atoms in total. The van der Waals surface area contributed by atoms with E-state index in [1.807, 2.05) is 0 Å². The van der Waals surface area contributed by atoms with Crippen LogP contribution in [0.3, 0.4) is 0 Å². The molecule has 0 aromatic heterocycles. The number of nitrogens with one attached hydrogen (secondary N) is 1. The van der Waals surface area contributed by atoms with Crippen LogP contribution in [0, 0.1) is 11.8 Å². The third-order valence-electron chi connectivity index (χ3n) is 2.70. The summed E-state index contributed by atoms with van der Waals surface area (Å²) in [4.78, 5) is 10.1. The SMILES string of the molecule is O=CCNC(C1CC1)C1CC1. The van der Waals surface area contributed by atoms with Gasteiger partial charge in [0, 0.05) is 6.04 Å². The van der Waals surface area contributed by atoms with Crippen LogP contribution in [0.2, 0.25) is 0 Å². The number of aldehydes is 1. The van der Waals surface area contributed by atoms with Gasteiger partial charge in [-0.25, -0.2) is 0 Å². The van der Waals surface area contributed by atoms with Crippen LogP contribution in [0.25, 0.3) is 0 Å². The van der Waals surface area contributed by atoms with Crippen molar-refractivity contribution in [3.63, 3.8) is 0 Å². The molecule has 0 atom stereocenters. The fraction of sp³-hybridized carbons (Fsp3) is 0.889. The van der Waals surface area contributed by atoms with E-state index in [2.05, 4.69) is 5.32 Å². The van der Waals surface area contributed by atoms with Gasteiger partial charge in [-0.05, 0) is 37.5 Å². The zero-order valence-corrected chi connectivity index (χ0v) is 6.75. The maximum absolute atomic E-state index is 10.1. The lowest BCUT2D eigenvalue weighted by molar-refractivity contribution is -0.107. The summed E-state index contributed by atoms with van der Waals surface area (Å²) in [6, 6.07) is 0.681. The maximum atomic E-state index is 10.1. The van der Waals surface area contributed by atoms with E-state index in [0.29, 0.717) is 12.6 Å². The van der Waals surface area contributed by atoms with E-state index in [-0.39, 0.29) is 0 Å². The van der Waals surface area contributed by atoms with E-state index in [1.54, 1.807) is 0 Å². The number of carbonyl (C=O) groups excluding carboxylic acids is 1. The Morgan fingerprint density at radius 2 is 1.82 bits per heavy atom. The minimum atomic E-state index is 0.553. The van der Waals surface area contributed by atoms with E-state index in [4.69, 9.17) is 0 Å². The molecular formula is C9H15NO. The third-order valence-corrected chi connectivity index (χ3v) is 2.70. The van der Waals surface area contributed by atoms with E-state index < -0.39 is 0 Å². The fourth-order valence-corrected chi connectivity index (χ4v) is 1.81. The number of hydrogen-bond acceptors (Lipinski definition) is 2. The van der Waals surface area contributed by atoms with Gasteiger partial charge in [-0.2, -0.15) is 0 Å². The molecule has 0 amide bonds. The molecule has 0 unspecified atom stereocenters. The second-order valence-corrected chi connectivity index (χ2v) is 3.78. The fourth-order valence-electron chi connectivity index (χ4n) is 1.81. The first-order valence-corrected chi connectivity index (χ1v) is 4.59. The van der Waals surface area contributed by atoms with E-state index in [0.717, 1.165) is 18.1 Å². The van der Waals surface area contributed by atoms with Crippen LogP contribution in [0.15, 0.2) is 0 Å². The Kier molecular flexibility index (Phi) is 1.95. The Bertz CT molecular complexity index is 138. The molecule has 0 radical (unpaired) electrons. The van der Waals surface area contributed by atoms with Gasteiger partial charge in [0.05, 0.1) is 6.54 Å². The molecule has 1 N–H and O–H groups in total. The molecule has 0 heterocycles. The van der Waals surface area contributed by atoms with Crippen molar-refractivity contribution in [2.45, 2.75) is 31.7 Å². The molecule has 0 aliphatic heterocycles. The molecule has 11 heavy (non-hydrogen) atoms. The van der Waals surface area contributed by atoms with Crippen LogP contribution >= 0.6 is 0 Å². The molecule has 62 valence electrons. The van der Waals surface area contributed by atoms with Crippen molar-refractivity contribution in [3.05, 3.63) is 0 Å². The van der Waals surface area contributed by atoms with Crippen molar-refractivity contribution in [3.8, 4) is 0 Å². The molecule has 2 aliphatic carbocycles. The normalized spacial score (nSPS) is 24.1. The van der Waals surface area contributed by atoms with Crippen molar-refractivity contribution in [2.75, 3.05) is 6.54 Å². The van der Waals surface area contributed by atoms with Crippen LogP contribution in [-0.2, 0) is 4.79 Å². The van der Waals surface area contributed by atoms with Crippen LogP contribution in [0.4, 0.5) is 0 Å². The monoisotopic (exact) mass is 153 g/mol. The highest BCUT2D eigenvalue weighted by Crippen LogP contribution is 2.44. The molecule has 2 heteroatoms. The first-order chi connectivity index (χ1) is 5.42. The minimum absolute atomic E-state index is 0.553. The van der Waals surface area contributed by atoms with Crippen molar-refractivity contribution >= 4 is 6.29 Å². The Hall–Kier alpha value is -0.370. The van der Waals surface area contributed by atoms with Gasteiger partial charge >= 0.3 is 0 Å². The summed E-state index contributed by atoms with van der Waals surface area (Å²) in [5.74, 6) is 1.81. The predicted octanol–water partition coefficient (Wildman–Crippen LogP) is 0.964. The van der Waals surface area contributed by atoms with Crippen molar-refractivity contribution in [1.82, 2.24) is 5.32 Å². The highest BCUT2D eigenvalue weighted by molar-refractivity contribution is 5.51. The summed E-state index contributed by atoms with van der Waals surface area (Å²) in [5, 5.41) is 3.33. The van der Waals surface area contributed by atoms with E-state index in [1.165, 1.54) is 25.7 Å². The second kappa shape index (κ2) is 2.94. The summed E-state index contributed by atoms with van der Waals surface area (Å²) in [7, 11) is 0. The van der Waals surface area contributed by atoms with Crippen molar-refractivity contribution < 1.29 is 4.79 Å². The summed E-state index contributed by atoms with van der Waals surface area (Å²) in [6.45, 7) is 0.553. The van der Waals surface area contributed by atoms with Gasteiger partial charge in [-0.1, -0.05) is 0 Å². The Balaban J connectivity index is 1.77. The molecule has 0 saturated heterocycles. The van der Waals surface area contributed by atoms with Crippen LogP contribution < -0.4 is 5.32 Å². The first kappa shape index (κ1) is 7.29. The average molecular weight is 153 g/mol. The smallest absolute Gasteiger partial charge is 0.133 e. The molecule has 2 fully saturated rings. The molecular weight excluding hydrogens is 138 g/mol. The zero-order chi connectivity index (χ0) is 7.68. The van der Waals surface area contributed by atoms with Crippen LogP contribution in [0.1, 0.15) is 25.7 Å². The van der Waals surface area contributed by atoms with Gasteiger partial charge in [0.2, 0.25) is 0 Å². The topological polar surface area (TPSA) is 29.1 Å². The van der Waals surface area contributed by atoms with Gasteiger partial charge in [0.25, 0.3) is 0 Å². The van der Waals surface area contributed by atoms with Crippen LogP contribution in [-0.4, -0.2) is 18.9 Å². The summed E-state index contributed by atoms with van der Waals surface area (Å²) in [5.41, 5.74) is 0. The highest BCUT2D eigenvalue weighted by Gasteiger charge is 2.40. The molecule has 0 aromatic rings. The van der Waals surface area contributed by atoms with Crippen molar-refractivity contribution in [2.24, 2.45) is 11.8 Å². The van der Waals surface area contributed by atoms with Crippen LogP contribution in [0.5, 0.6) is 0 Å². The molecule has 0 bridgehead atoms. The number of carbonyl (C=O) groups is 1. The molecule has 2 aliphatic rings. The second-order valence-electron chi connectivity index (χ2n) is 3.78.